The fourth-order valence-electron chi connectivity index (χ4n) is 2.63. The van der Waals surface area contributed by atoms with E-state index < -0.39 is 0 Å². The van der Waals surface area contributed by atoms with Crippen LogP contribution in [0, 0.1) is 0 Å². The summed E-state index contributed by atoms with van der Waals surface area (Å²) < 4.78 is 16.2. The SMILES string of the molecule is COc1ccc(C(=O)N/N=C\c2cccc(OCc3ccccc3)c2)cc1OC. The normalized spacial score (nSPS) is 10.6. The molecule has 3 aromatic rings. The summed E-state index contributed by atoms with van der Waals surface area (Å²) in [5, 5.41) is 4.02. The first-order valence-corrected chi connectivity index (χ1v) is 9.02. The molecule has 0 aromatic heterocycles. The van der Waals surface area contributed by atoms with Crippen molar-refractivity contribution in [3.05, 3.63) is 89.5 Å². The third-order valence-electron chi connectivity index (χ3n) is 4.13. The Morgan fingerprint density at radius 2 is 1.72 bits per heavy atom. The van der Waals surface area contributed by atoms with Crippen LogP contribution in [0.3, 0.4) is 0 Å². The third kappa shape index (κ3) is 5.59. The van der Waals surface area contributed by atoms with Crippen molar-refractivity contribution in [3.63, 3.8) is 0 Å². The van der Waals surface area contributed by atoms with E-state index in [4.69, 9.17) is 14.2 Å². The Kier molecular flexibility index (Phi) is 6.84. The van der Waals surface area contributed by atoms with Crippen LogP contribution >= 0.6 is 0 Å². The molecule has 0 saturated heterocycles. The van der Waals surface area contributed by atoms with Gasteiger partial charge in [-0.25, -0.2) is 5.43 Å². The number of hydrazone groups is 1. The molecular weight excluding hydrogens is 368 g/mol. The van der Waals surface area contributed by atoms with Gasteiger partial charge in [0.15, 0.2) is 11.5 Å². The zero-order chi connectivity index (χ0) is 20.5. The molecule has 1 N–H and O–H groups in total. The molecule has 0 saturated carbocycles. The predicted octanol–water partition coefficient (Wildman–Crippen LogP) is 4.05. The first-order valence-electron chi connectivity index (χ1n) is 9.02. The maximum absolute atomic E-state index is 12.3. The van der Waals surface area contributed by atoms with Crippen LogP contribution in [-0.4, -0.2) is 26.3 Å². The van der Waals surface area contributed by atoms with Crippen LogP contribution in [0.15, 0.2) is 77.9 Å². The van der Waals surface area contributed by atoms with Crippen LogP contribution in [0.25, 0.3) is 0 Å². The van der Waals surface area contributed by atoms with Crippen LogP contribution in [0.1, 0.15) is 21.5 Å². The van der Waals surface area contributed by atoms with Crippen molar-refractivity contribution in [3.8, 4) is 17.2 Å². The van der Waals surface area contributed by atoms with Crippen molar-refractivity contribution in [2.75, 3.05) is 14.2 Å². The van der Waals surface area contributed by atoms with Crippen LogP contribution in [0.2, 0.25) is 0 Å². The smallest absolute Gasteiger partial charge is 0.271 e. The highest BCUT2D eigenvalue weighted by Gasteiger charge is 2.10. The van der Waals surface area contributed by atoms with E-state index in [-0.39, 0.29) is 5.91 Å². The molecule has 6 nitrogen and oxygen atoms in total. The second kappa shape index (κ2) is 9.94. The Balaban J connectivity index is 1.59. The average Bonchev–Trinajstić information content (AvgIpc) is 2.78. The number of rotatable bonds is 8. The molecule has 0 unspecified atom stereocenters. The summed E-state index contributed by atoms with van der Waals surface area (Å²) in [4.78, 5) is 12.3. The lowest BCUT2D eigenvalue weighted by molar-refractivity contribution is 0.0954. The Labute approximate surface area is 169 Å². The van der Waals surface area contributed by atoms with Crippen LogP contribution in [0.4, 0.5) is 0 Å². The number of hydrogen-bond donors (Lipinski definition) is 1. The van der Waals surface area contributed by atoms with Gasteiger partial charge in [-0.15, -0.1) is 0 Å². The molecule has 0 aliphatic rings. The van der Waals surface area contributed by atoms with Gasteiger partial charge in [-0.2, -0.15) is 5.10 Å². The van der Waals surface area contributed by atoms with E-state index in [0.717, 1.165) is 16.9 Å². The molecule has 0 radical (unpaired) electrons. The molecule has 0 bridgehead atoms. The summed E-state index contributed by atoms with van der Waals surface area (Å²) in [5.41, 5.74) is 4.82. The molecule has 6 heteroatoms. The van der Waals surface area contributed by atoms with Gasteiger partial charge in [0, 0.05) is 5.56 Å². The van der Waals surface area contributed by atoms with E-state index in [1.807, 2.05) is 54.6 Å². The summed E-state index contributed by atoms with van der Waals surface area (Å²) in [7, 11) is 3.06. The van der Waals surface area contributed by atoms with E-state index in [2.05, 4.69) is 10.5 Å². The van der Waals surface area contributed by atoms with Gasteiger partial charge in [0.25, 0.3) is 5.91 Å². The number of hydrogen-bond acceptors (Lipinski definition) is 5. The van der Waals surface area contributed by atoms with Crippen molar-refractivity contribution < 1.29 is 19.0 Å². The van der Waals surface area contributed by atoms with Gasteiger partial charge in [0.05, 0.1) is 20.4 Å². The maximum Gasteiger partial charge on any atom is 0.271 e. The molecule has 0 fully saturated rings. The molecule has 3 rings (SSSR count). The molecular formula is C23H22N2O4. The maximum atomic E-state index is 12.3. The standard InChI is InChI=1S/C23H22N2O4/c1-27-21-12-11-19(14-22(21)28-2)23(26)25-24-15-18-9-6-10-20(13-18)29-16-17-7-4-3-5-8-17/h3-15H,16H2,1-2H3,(H,25,26)/b24-15-. The molecule has 0 spiro atoms. The highest BCUT2D eigenvalue weighted by Crippen LogP contribution is 2.27. The van der Waals surface area contributed by atoms with Gasteiger partial charge in [-0.05, 0) is 41.5 Å². The van der Waals surface area contributed by atoms with Gasteiger partial charge in [-0.1, -0.05) is 42.5 Å². The van der Waals surface area contributed by atoms with Crippen molar-refractivity contribution in [2.45, 2.75) is 6.61 Å². The van der Waals surface area contributed by atoms with Crippen LogP contribution in [-0.2, 0) is 6.61 Å². The third-order valence-corrected chi connectivity index (χ3v) is 4.13. The Morgan fingerprint density at radius 3 is 2.48 bits per heavy atom. The highest BCUT2D eigenvalue weighted by molar-refractivity contribution is 5.95. The topological polar surface area (TPSA) is 69.2 Å². The Hall–Kier alpha value is -3.80. The van der Waals surface area contributed by atoms with Crippen molar-refractivity contribution >= 4 is 12.1 Å². The molecule has 0 heterocycles. The number of methoxy groups -OCH3 is 2. The zero-order valence-electron chi connectivity index (χ0n) is 16.3. The van der Waals surface area contributed by atoms with E-state index in [0.29, 0.717) is 23.7 Å². The molecule has 0 aliphatic heterocycles. The number of nitrogens with zero attached hydrogens (tertiary/aromatic N) is 1. The number of carbonyl (C=O) groups is 1. The molecule has 0 aliphatic carbocycles. The average molecular weight is 390 g/mol. The minimum absolute atomic E-state index is 0.348. The lowest BCUT2D eigenvalue weighted by Crippen LogP contribution is -2.17. The first-order chi connectivity index (χ1) is 14.2. The summed E-state index contributed by atoms with van der Waals surface area (Å²) in [6.45, 7) is 0.484. The Bertz CT molecular complexity index is 987. The van der Waals surface area contributed by atoms with E-state index in [1.165, 1.54) is 7.11 Å². The van der Waals surface area contributed by atoms with Crippen LogP contribution in [0.5, 0.6) is 17.2 Å². The number of benzene rings is 3. The van der Waals surface area contributed by atoms with Gasteiger partial charge in [0.1, 0.15) is 12.4 Å². The molecule has 29 heavy (non-hydrogen) atoms. The number of nitrogens with one attached hydrogen (secondary N) is 1. The van der Waals surface area contributed by atoms with Crippen molar-refractivity contribution in [1.29, 1.82) is 0 Å². The van der Waals surface area contributed by atoms with Crippen molar-refractivity contribution in [1.82, 2.24) is 5.43 Å². The fourth-order valence-corrected chi connectivity index (χ4v) is 2.63. The lowest BCUT2D eigenvalue weighted by Gasteiger charge is -2.08. The van der Waals surface area contributed by atoms with E-state index in [9.17, 15) is 4.79 Å². The van der Waals surface area contributed by atoms with Gasteiger partial charge < -0.3 is 14.2 Å². The van der Waals surface area contributed by atoms with Gasteiger partial charge in [0.2, 0.25) is 0 Å². The van der Waals surface area contributed by atoms with E-state index in [1.54, 1.807) is 31.5 Å². The second-order valence-electron chi connectivity index (χ2n) is 6.12. The number of ether oxygens (including phenoxy) is 3. The molecule has 1 amide bonds. The van der Waals surface area contributed by atoms with Crippen LogP contribution < -0.4 is 19.6 Å². The largest absolute Gasteiger partial charge is 0.493 e. The Morgan fingerprint density at radius 1 is 0.931 bits per heavy atom. The summed E-state index contributed by atoms with van der Waals surface area (Å²) in [6, 6.07) is 22.3. The summed E-state index contributed by atoms with van der Waals surface area (Å²) >= 11 is 0. The number of carbonyl (C=O) groups excluding carboxylic acids is 1. The van der Waals surface area contributed by atoms with E-state index >= 15 is 0 Å². The quantitative estimate of drug-likeness (QED) is 0.465. The van der Waals surface area contributed by atoms with Crippen molar-refractivity contribution in [2.24, 2.45) is 5.10 Å². The zero-order valence-corrected chi connectivity index (χ0v) is 16.3. The lowest BCUT2D eigenvalue weighted by atomic mass is 10.2. The monoisotopic (exact) mass is 390 g/mol. The van der Waals surface area contributed by atoms with Gasteiger partial charge >= 0.3 is 0 Å². The first kappa shape index (κ1) is 19.9. The summed E-state index contributed by atoms with van der Waals surface area (Å²) in [5.74, 6) is 1.41. The molecule has 148 valence electrons. The number of amides is 1. The van der Waals surface area contributed by atoms with Gasteiger partial charge in [-0.3, -0.25) is 4.79 Å². The minimum Gasteiger partial charge on any atom is -0.493 e. The molecule has 0 atom stereocenters. The second-order valence-corrected chi connectivity index (χ2v) is 6.12. The molecule has 3 aromatic carbocycles. The summed E-state index contributed by atoms with van der Waals surface area (Å²) in [6.07, 6.45) is 1.56. The minimum atomic E-state index is -0.348. The fraction of sp³-hybridized carbons (Fsp3) is 0.130. The predicted molar refractivity (Wildman–Crippen MR) is 112 cm³/mol. The highest BCUT2D eigenvalue weighted by atomic mass is 16.5.